The Hall–Kier alpha value is -0.610. The second kappa shape index (κ2) is 5.64. The highest BCUT2D eigenvalue weighted by molar-refractivity contribution is 7.15. The number of piperidine rings is 1. The molecule has 0 aromatic carbocycles. The Morgan fingerprint density at radius 1 is 1.31 bits per heavy atom. The highest BCUT2D eigenvalue weighted by Crippen LogP contribution is 2.28. The van der Waals surface area contributed by atoms with Crippen LogP contribution >= 0.6 is 11.3 Å². The molecule has 3 nitrogen and oxygen atoms in total. The predicted octanol–water partition coefficient (Wildman–Crippen LogP) is 2.42. The quantitative estimate of drug-likeness (QED) is 0.874. The molecule has 90 valence electrons. The Balaban J connectivity index is 2.14. The van der Waals surface area contributed by atoms with Gasteiger partial charge >= 0.3 is 0 Å². The van der Waals surface area contributed by atoms with Crippen LogP contribution in [0.4, 0.5) is 5.13 Å². The zero-order valence-electron chi connectivity index (χ0n) is 10.3. The Morgan fingerprint density at radius 3 is 2.69 bits per heavy atom. The van der Waals surface area contributed by atoms with Crippen molar-refractivity contribution in [2.24, 2.45) is 0 Å². The third kappa shape index (κ3) is 2.55. The van der Waals surface area contributed by atoms with Gasteiger partial charge in [0, 0.05) is 24.5 Å². The van der Waals surface area contributed by atoms with Gasteiger partial charge in [0.25, 0.3) is 0 Å². The number of anilines is 1. The fourth-order valence-electron chi connectivity index (χ4n) is 2.17. The van der Waals surface area contributed by atoms with E-state index in [1.165, 1.54) is 48.1 Å². The topological polar surface area (TPSA) is 28.2 Å². The number of hydrogen-bond donors (Lipinski definition) is 1. The van der Waals surface area contributed by atoms with Crippen LogP contribution in [0.15, 0.2) is 0 Å². The average molecular weight is 239 g/mol. The lowest BCUT2D eigenvalue weighted by molar-refractivity contribution is 0.576. The lowest BCUT2D eigenvalue weighted by Gasteiger charge is -2.25. The SMILES string of the molecule is CCc1nc(N2CCCCC2)sc1CNC. The highest BCUT2D eigenvalue weighted by atomic mass is 32.1. The normalized spacial score (nSPS) is 16.8. The summed E-state index contributed by atoms with van der Waals surface area (Å²) in [6.07, 6.45) is 5.07. The van der Waals surface area contributed by atoms with Gasteiger partial charge in [-0.1, -0.05) is 6.92 Å². The molecule has 2 heterocycles. The molecule has 0 spiro atoms. The van der Waals surface area contributed by atoms with Crippen LogP contribution in [-0.4, -0.2) is 25.1 Å². The Morgan fingerprint density at radius 2 is 2.06 bits per heavy atom. The lowest BCUT2D eigenvalue weighted by atomic mass is 10.1. The van der Waals surface area contributed by atoms with Crippen molar-refractivity contribution in [3.05, 3.63) is 10.6 Å². The zero-order chi connectivity index (χ0) is 11.4. The molecule has 0 radical (unpaired) electrons. The Kier molecular flexibility index (Phi) is 4.18. The minimum absolute atomic E-state index is 0.953. The van der Waals surface area contributed by atoms with Gasteiger partial charge in [-0.2, -0.15) is 0 Å². The molecular weight excluding hydrogens is 218 g/mol. The molecule has 0 amide bonds. The molecule has 0 aliphatic carbocycles. The van der Waals surface area contributed by atoms with Crippen LogP contribution in [0.2, 0.25) is 0 Å². The second-order valence-corrected chi connectivity index (χ2v) is 5.36. The van der Waals surface area contributed by atoms with Crippen LogP contribution in [-0.2, 0) is 13.0 Å². The largest absolute Gasteiger partial charge is 0.348 e. The summed E-state index contributed by atoms with van der Waals surface area (Å²) in [6, 6.07) is 0. The van der Waals surface area contributed by atoms with Crippen molar-refractivity contribution in [1.29, 1.82) is 0 Å². The summed E-state index contributed by atoms with van der Waals surface area (Å²) >= 11 is 1.87. The van der Waals surface area contributed by atoms with E-state index in [1.54, 1.807) is 0 Å². The molecule has 0 unspecified atom stereocenters. The van der Waals surface area contributed by atoms with Gasteiger partial charge in [0.15, 0.2) is 5.13 Å². The van der Waals surface area contributed by atoms with E-state index in [4.69, 9.17) is 4.98 Å². The highest BCUT2D eigenvalue weighted by Gasteiger charge is 2.16. The fourth-order valence-corrected chi connectivity index (χ4v) is 3.38. The summed E-state index contributed by atoms with van der Waals surface area (Å²) in [4.78, 5) is 8.63. The minimum atomic E-state index is 0.953. The van der Waals surface area contributed by atoms with Gasteiger partial charge in [-0.05, 0) is 32.7 Å². The Labute approximate surface area is 102 Å². The molecule has 1 aliphatic heterocycles. The van der Waals surface area contributed by atoms with Crippen LogP contribution in [0.3, 0.4) is 0 Å². The van der Waals surface area contributed by atoms with Crippen molar-refractivity contribution >= 4 is 16.5 Å². The first-order chi connectivity index (χ1) is 7.85. The summed E-state index contributed by atoms with van der Waals surface area (Å²) in [5.41, 5.74) is 1.28. The molecule has 0 bridgehead atoms. The molecular formula is C12H21N3S. The van der Waals surface area contributed by atoms with E-state index in [-0.39, 0.29) is 0 Å². The third-order valence-corrected chi connectivity index (χ3v) is 4.22. The number of rotatable bonds is 4. The first-order valence-corrected chi connectivity index (χ1v) is 7.05. The number of hydrogen-bond acceptors (Lipinski definition) is 4. The van der Waals surface area contributed by atoms with E-state index >= 15 is 0 Å². The van der Waals surface area contributed by atoms with E-state index in [0.29, 0.717) is 0 Å². The first kappa shape index (κ1) is 11.9. The van der Waals surface area contributed by atoms with Crippen molar-refractivity contribution in [1.82, 2.24) is 10.3 Å². The van der Waals surface area contributed by atoms with Gasteiger partial charge in [-0.15, -0.1) is 11.3 Å². The van der Waals surface area contributed by atoms with Gasteiger partial charge in [0.05, 0.1) is 5.69 Å². The van der Waals surface area contributed by atoms with Crippen LogP contribution < -0.4 is 10.2 Å². The summed E-state index contributed by atoms with van der Waals surface area (Å²) in [5.74, 6) is 0. The summed E-state index contributed by atoms with van der Waals surface area (Å²) in [5, 5.41) is 4.46. The number of nitrogens with zero attached hydrogens (tertiary/aromatic N) is 2. The van der Waals surface area contributed by atoms with E-state index < -0.39 is 0 Å². The van der Waals surface area contributed by atoms with Crippen LogP contribution in [0.25, 0.3) is 0 Å². The van der Waals surface area contributed by atoms with Crippen molar-refractivity contribution in [3.63, 3.8) is 0 Å². The smallest absolute Gasteiger partial charge is 0.185 e. The minimum Gasteiger partial charge on any atom is -0.348 e. The average Bonchev–Trinajstić information content (AvgIpc) is 2.74. The maximum Gasteiger partial charge on any atom is 0.185 e. The molecule has 4 heteroatoms. The molecule has 1 N–H and O–H groups in total. The maximum absolute atomic E-state index is 4.78. The molecule has 1 aromatic heterocycles. The molecule has 1 fully saturated rings. The van der Waals surface area contributed by atoms with Gasteiger partial charge in [0.1, 0.15) is 0 Å². The van der Waals surface area contributed by atoms with Crippen molar-refractivity contribution in [2.45, 2.75) is 39.2 Å². The first-order valence-electron chi connectivity index (χ1n) is 6.23. The zero-order valence-corrected chi connectivity index (χ0v) is 11.1. The fraction of sp³-hybridized carbons (Fsp3) is 0.750. The molecule has 1 aromatic rings. The number of thiazole rings is 1. The van der Waals surface area contributed by atoms with Gasteiger partial charge < -0.3 is 10.2 Å². The molecule has 2 rings (SSSR count). The van der Waals surface area contributed by atoms with Crippen molar-refractivity contribution in [3.8, 4) is 0 Å². The van der Waals surface area contributed by atoms with Crippen LogP contribution in [0.1, 0.15) is 36.8 Å². The van der Waals surface area contributed by atoms with E-state index in [9.17, 15) is 0 Å². The summed E-state index contributed by atoms with van der Waals surface area (Å²) < 4.78 is 0. The van der Waals surface area contributed by atoms with Gasteiger partial charge in [-0.25, -0.2) is 4.98 Å². The van der Waals surface area contributed by atoms with Crippen LogP contribution in [0, 0.1) is 0 Å². The predicted molar refractivity (Wildman–Crippen MR) is 70.3 cm³/mol. The molecule has 0 atom stereocenters. The molecule has 16 heavy (non-hydrogen) atoms. The van der Waals surface area contributed by atoms with E-state index in [0.717, 1.165) is 13.0 Å². The standard InChI is InChI=1S/C12H21N3S/c1-3-10-11(9-13-2)16-12(14-10)15-7-5-4-6-8-15/h13H,3-9H2,1-2H3. The van der Waals surface area contributed by atoms with E-state index in [2.05, 4.69) is 17.1 Å². The van der Waals surface area contributed by atoms with Crippen molar-refractivity contribution < 1.29 is 0 Å². The summed E-state index contributed by atoms with van der Waals surface area (Å²) in [7, 11) is 2.00. The third-order valence-electron chi connectivity index (χ3n) is 3.07. The molecule has 0 saturated carbocycles. The van der Waals surface area contributed by atoms with Gasteiger partial charge in [0.2, 0.25) is 0 Å². The van der Waals surface area contributed by atoms with Crippen molar-refractivity contribution in [2.75, 3.05) is 25.0 Å². The van der Waals surface area contributed by atoms with Gasteiger partial charge in [-0.3, -0.25) is 0 Å². The second-order valence-electron chi connectivity index (χ2n) is 4.30. The van der Waals surface area contributed by atoms with E-state index in [1.807, 2.05) is 18.4 Å². The lowest BCUT2D eigenvalue weighted by Crippen LogP contribution is -2.29. The molecule has 1 aliphatic rings. The number of aryl methyl sites for hydroxylation is 1. The van der Waals surface area contributed by atoms with Crippen LogP contribution in [0.5, 0.6) is 0 Å². The molecule has 1 saturated heterocycles. The number of nitrogens with one attached hydrogen (secondary N) is 1. The number of aromatic nitrogens is 1. The monoisotopic (exact) mass is 239 g/mol. The maximum atomic E-state index is 4.78. The summed E-state index contributed by atoms with van der Waals surface area (Å²) in [6.45, 7) is 5.52. The Bertz CT molecular complexity index is 329.